The highest BCUT2D eigenvalue weighted by Gasteiger charge is 2.16. The van der Waals surface area contributed by atoms with Crippen molar-refractivity contribution in [2.75, 3.05) is 26.1 Å². The van der Waals surface area contributed by atoms with Gasteiger partial charge in [-0.05, 0) is 13.3 Å². The van der Waals surface area contributed by atoms with Crippen LogP contribution in [0.2, 0.25) is 0 Å². The van der Waals surface area contributed by atoms with Crippen LogP contribution in [-0.4, -0.2) is 46.5 Å². The van der Waals surface area contributed by atoms with Gasteiger partial charge in [-0.1, -0.05) is 18.3 Å². The van der Waals surface area contributed by atoms with Crippen LogP contribution in [0.25, 0.3) is 0 Å². The van der Waals surface area contributed by atoms with Crippen LogP contribution in [0, 0.1) is 11.3 Å². The first-order valence-corrected chi connectivity index (χ1v) is 9.68. The summed E-state index contributed by atoms with van der Waals surface area (Å²) in [4.78, 5) is 12.0. The third-order valence-corrected chi connectivity index (χ3v) is 5.03. The van der Waals surface area contributed by atoms with Crippen molar-refractivity contribution in [2.45, 2.75) is 31.2 Å². The minimum Gasteiger partial charge on any atom is -0.459 e. The van der Waals surface area contributed by atoms with E-state index in [2.05, 4.69) is 15.5 Å². The molecular formula is C14H20N4O4S2. The normalized spacial score (nSPS) is 12.9. The van der Waals surface area contributed by atoms with Crippen molar-refractivity contribution in [3.05, 3.63) is 16.3 Å². The summed E-state index contributed by atoms with van der Waals surface area (Å²) in [5, 5.41) is 20.6. The molecule has 0 aromatic carbocycles. The number of nitrogens with one attached hydrogen (secondary N) is 1. The molecule has 1 unspecified atom stereocenters. The second-order valence-corrected chi connectivity index (χ2v) is 7.04. The molecule has 0 saturated heterocycles. The number of rotatable bonds is 10. The summed E-state index contributed by atoms with van der Waals surface area (Å²) in [6.45, 7) is 4.87. The van der Waals surface area contributed by atoms with Gasteiger partial charge in [-0.25, -0.2) is 4.79 Å². The first-order valence-electron chi connectivity index (χ1n) is 7.31. The molecule has 132 valence electrons. The van der Waals surface area contributed by atoms with Gasteiger partial charge in [0.2, 0.25) is 4.34 Å². The Labute approximate surface area is 147 Å². The number of carbonyl (C=O) groups is 1. The fourth-order valence-corrected chi connectivity index (χ4v) is 3.07. The number of ether oxygens (including phenoxy) is 2. The van der Waals surface area contributed by atoms with Gasteiger partial charge in [-0.2, -0.15) is 5.26 Å². The zero-order valence-electron chi connectivity index (χ0n) is 13.8. The lowest BCUT2D eigenvalue weighted by molar-refractivity contribution is -0.140. The number of nitrogens with zero attached hydrogens (tertiary/aromatic N) is 3. The number of carbonyl (C=O) groups excluding carboxylic acids is 1. The lowest BCUT2D eigenvalue weighted by Gasteiger charge is -2.10. The average Bonchev–Trinajstić information content (AvgIpc) is 3.04. The molecule has 0 radical (unpaired) electrons. The predicted molar refractivity (Wildman–Crippen MR) is 89.5 cm³/mol. The Balaban J connectivity index is 2.71. The third-order valence-electron chi connectivity index (χ3n) is 2.78. The van der Waals surface area contributed by atoms with Gasteiger partial charge in [0, 0.05) is 18.6 Å². The first-order chi connectivity index (χ1) is 11.5. The van der Waals surface area contributed by atoms with Gasteiger partial charge in [0.05, 0.1) is 24.0 Å². The maximum absolute atomic E-state index is 12.0. The quantitative estimate of drug-likeness (QED) is 0.281. The molecule has 0 spiro atoms. The van der Waals surface area contributed by atoms with Crippen LogP contribution < -0.4 is 5.32 Å². The topological polar surface area (TPSA) is 114 Å². The van der Waals surface area contributed by atoms with Gasteiger partial charge in [0.1, 0.15) is 17.7 Å². The highest BCUT2D eigenvalue weighted by Crippen LogP contribution is 2.14. The van der Waals surface area contributed by atoms with Crippen molar-refractivity contribution in [3.63, 3.8) is 0 Å². The summed E-state index contributed by atoms with van der Waals surface area (Å²) in [7, 11) is -1.18. The maximum atomic E-state index is 12.0. The number of allylic oxidation sites excluding steroid dienone is 1. The van der Waals surface area contributed by atoms with E-state index in [0.29, 0.717) is 28.1 Å². The Hall–Kier alpha value is -1.83. The van der Waals surface area contributed by atoms with Gasteiger partial charge in [0.15, 0.2) is 5.57 Å². The van der Waals surface area contributed by atoms with Crippen LogP contribution in [0.15, 0.2) is 15.6 Å². The van der Waals surface area contributed by atoms with Crippen molar-refractivity contribution in [2.24, 2.45) is 0 Å². The molecule has 0 fully saturated rings. The fraction of sp³-hybridized carbons (Fsp3) is 0.571. The second-order valence-electron chi connectivity index (χ2n) is 4.42. The maximum Gasteiger partial charge on any atom is 0.350 e. The zero-order valence-corrected chi connectivity index (χ0v) is 15.5. The third kappa shape index (κ3) is 6.35. The summed E-state index contributed by atoms with van der Waals surface area (Å²) in [6.07, 6.45) is 1.98. The molecule has 1 aromatic rings. The SMILES string of the molecule is CCOCCOC(=O)/C(C#N)=C(\CC)NCc1nnc(S(C)=O)s1. The monoisotopic (exact) mass is 372 g/mol. The molecular weight excluding hydrogens is 352 g/mol. The van der Waals surface area contributed by atoms with E-state index in [0.717, 1.165) is 0 Å². The highest BCUT2D eigenvalue weighted by molar-refractivity contribution is 7.86. The predicted octanol–water partition coefficient (Wildman–Crippen LogP) is 1.13. The molecule has 10 heteroatoms. The lowest BCUT2D eigenvalue weighted by Crippen LogP contribution is -2.20. The van der Waals surface area contributed by atoms with Gasteiger partial charge in [-0.3, -0.25) is 4.21 Å². The van der Waals surface area contributed by atoms with Gasteiger partial charge in [0.25, 0.3) is 0 Å². The van der Waals surface area contributed by atoms with E-state index in [1.807, 2.05) is 19.9 Å². The number of esters is 1. The molecule has 0 aliphatic carbocycles. The van der Waals surface area contributed by atoms with Gasteiger partial charge in [-0.15, -0.1) is 10.2 Å². The fourth-order valence-electron chi connectivity index (χ4n) is 1.64. The summed E-state index contributed by atoms with van der Waals surface area (Å²) in [6, 6.07) is 1.87. The Morgan fingerprint density at radius 3 is 2.67 bits per heavy atom. The minimum atomic E-state index is -1.18. The van der Waals surface area contributed by atoms with Crippen molar-refractivity contribution in [1.82, 2.24) is 15.5 Å². The molecule has 0 amide bonds. The van der Waals surface area contributed by atoms with Gasteiger partial charge < -0.3 is 14.8 Å². The van der Waals surface area contributed by atoms with E-state index in [-0.39, 0.29) is 25.3 Å². The average molecular weight is 372 g/mol. The highest BCUT2D eigenvalue weighted by atomic mass is 32.2. The van der Waals surface area contributed by atoms with Crippen molar-refractivity contribution in [3.8, 4) is 6.07 Å². The van der Waals surface area contributed by atoms with E-state index < -0.39 is 16.8 Å². The van der Waals surface area contributed by atoms with Crippen LogP contribution in [-0.2, 0) is 31.6 Å². The molecule has 1 rings (SSSR count). The summed E-state index contributed by atoms with van der Waals surface area (Å²) < 4.78 is 21.9. The number of aromatic nitrogens is 2. The van der Waals surface area contributed by atoms with E-state index in [1.54, 1.807) is 0 Å². The summed E-state index contributed by atoms with van der Waals surface area (Å²) >= 11 is 1.22. The second kappa shape index (κ2) is 10.9. The standard InChI is InChI=1S/C14H20N4O4S2/c1-4-11(10(8-15)13(19)22-7-6-21-5-2)16-9-12-17-18-14(23-12)24(3)20/h16H,4-7,9H2,1-3H3/b11-10+. The summed E-state index contributed by atoms with van der Waals surface area (Å²) in [5.74, 6) is -0.686. The zero-order chi connectivity index (χ0) is 17.9. The molecule has 0 saturated carbocycles. The largest absolute Gasteiger partial charge is 0.459 e. The molecule has 1 atom stereocenters. The molecule has 1 heterocycles. The molecule has 1 N–H and O–H groups in total. The van der Waals surface area contributed by atoms with E-state index >= 15 is 0 Å². The van der Waals surface area contributed by atoms with E-state index in [4.69, 9.17) is 9.47 Å². The van der Waals surface area contributed by atoms with Crippen LogP contribution in [0.4, 0.5) is 0 Å². The Kier molecular flexibility index (Phi) is 9.14. The van der Waals surface area contributed by atoms with Crippen molar-refractivity contribution < 1.29 is 18.5 Å². The molecule has 0 aliphatic heterocycles. The smallest absolute Gasteiger partial charge is 0.350 e. The molecule has 0 bridgehead atoms. The van der Waals surface area contributed by atoms with Crippen LogP contribution in [0.1, 0.15) is 25.3 Å². The number of hydrogen-bond donors (Lipinski definition) is 1. The Morgan fingerprint density at radius 1 is 1.38 bits per heavy atom. The van der Waals surface area contributed by atoms with Crippen LogP contribution in [0.3, 0.4) is 0 Å². The minimum absolute atomic E-state index is 0.0715. The lowest BCUT2D eigenvalue weighted by atomic mass is 10.2. The molecule has 24 heavy (non-hydrogen) atoms. The van der Waals surface area contributed by atoms with Crippen LogP contribution in [0.5, 0.6) is 0 Å². The Bertz CT molecular complexity index is 651. The molecule has 0 aliphatic rings. The van der Waals surface area contributed by atoms with Crippen molar-refractivity contribution in [1.29, 1.82) is 5.26 Å². The van der Waals surface area contributed by atoms with Crippen LogP contribution >= 0.6 is 11.3 Å². The van der Waals surface area contributed by atoms with E-state index in [9.17, 15) is 14.3 Å². The van der Waals surface area contributed by atoms with Gasteiger partial charge >= 0.3 is 5.97 Å². The molecule has 8 nitrogen and oxygen atoms in total. The first kappa shape index (κ1) is 20.2. The summed E-state index contributed by atoms with van der Waals surface area (Å²) in [5.41, 5.74) is 0.395. The number of nitriles is 1. The van der Waals surface area contributed by atoms with Crippen molar-refractivity contribution >= 4 is 28.1 Å². The molecule has 1 aromatic heterocycles. The van der Waals surface area contributed by atoms with E-state index in [1.165, 1.54) is 17.6 Å². The Morgan fingerprint density at radius 2 is 2.12 bits per heavy atom. The number of hydrogen-bond acceptors (Lipinski definition) is 9.